The molecule has 2 aromatic rings. The van der Waals surface area contributed by atoms with Gasteiger partial charge in [-0.2, -0.15) is 0 Å². The summed E-state index contributed by atoms with van der Waals surface area (Å²) in [5.41, 5.74) is 0.848. The fourth-order valence-corrected chi connectivity index (χ4v) is 3.18. The maximum atomic E-state index is 13.2. The van der Waals surface area contributed by atoms with Crippen LogP contribution in [0, 0.1) is 5.82 Å². The maximum Gasteiger partial charge on any atom is 0.141 e. The second kappa shape index (κ2) is 5.71. The average Bonchev–Trinajstić information content (AvgIpc) is 2.72. The predicted octanol–water partition coefficient (Wildman–Crippen LogP) is 3.74. The summed E-state index contributed by atoms with van der Waals surface area (Å²) in [5, 5.41) is 3.34. The molecule has 0 aliphatic rings. The first-order valence-corrected chi connectivity index (χ1v) is 6.90. The molecule has 2 rings (SSSR count). The lowest BCUT2D eigenvalue weighted by atomic mass is 10.1. The van der Waals surface area contributed by atoms with Crippen LogP contribution in [-0.2, 0) is 0 Å². The first kappa shape index (κ1) is 12.7. The summed E-state index contributed by atoms with van der Waals surface area (Å²) in [4.78, 5) is 5.04. The average molecular weight is 315 g/mol. The lowest BCUT2D eigenvalue weighted by Crippen LogP contribution is -2.21. The van der Waals surface area contributed by atoms with Gasteiger partial charge in [-0.1, -0.05) is 6.92 Å². The molecule has 5 heteroatoms. The van der Waals surface area contributed by atoms with Crippen LogP contribution in [0.25, 0.3) is 0 Å². The number of aromatic nitrogens is 1. The van der Waals surface area contributed by atoms with Crippen LogP contribution in [0.1, 0.15) is 23.4 Å². The van der Waals surface area contributed by atoms with Crippen LogP contribution < -0.4 is 5.32 Å². The van der Waals surface area contributed by atoms with E-state index in [2.05, 4.69) is 26.2 Å². The molecule has 17 heavy (non-hydrogen) atoms. The number of rotatable bonds is 4. The zero-order valence-electron chi connectivity index (χ0n) is 9.28. The number of pyridine rings is 1. The van der Waals surface area contributed by atoms with Crippen molar-refractivity contribution in [1.82, 2.24) is 10.3 Å². The molecule has 0 bridgehead atoms. The van der Waals surface area contributed by atoms with Crippen LogP contribution in [0.3, 0.4) is 0 Å². The van der Waals surface area contributed by atoms with Crippen molar-refractivity contribution in [3.05, 3.63) is 50.6 Å². The van der Waals surface area contributed by atoms with Crippen molar-refractivity contribution in [3.63, 3.8) is 0 Å². The van der Waals surface area contributed by atoms with Gasteiger partial charge in [0, 0.05) is 11.1 Å². The van der Waals surface area contributed by atoms with E-state index < -0.39 is 0 Å². The Hall–Kier alpha value is -0.780. The van der Waals surface area contributed by atoms with Crippen molar-refractivity contribution in [2.75, 3.05) is 6.54 Å². The largest absolute Gasteiger partial charge is 0.306 e. The number of nitrogens with one attached hydrogen (secondary N) is 1. The van der Waals surface area contributed by atoms with E-state index in [9.17, 15) is 4.39 Å². The van der Waals surface area contributed by atoms with Crippen LogP contribution in [0.15, 0.2) is 34.4 Å². The number of thiophene rings is 1. The molecular formula is C12H12BrFN2S. The third-order valence-electron chi connectivity index (χ3n) is 2.35. The Morgan fingerprint density at radius 3 is 2.88 bits per heavy atom. The SMILES string of the molecule is CCNC(c1cncc(F)c1)c1ccc(Br)s1. The fraction of sp³-hybridized carbons (Fsp3) is 0.250. The van der Waals surface area contributed by atoms with Gasteiger partial charge in [-0.3, -0.25) is 4.98 Å². The van der Waals surface area contributed by atoms with E-state index in [1.807, 2.05) is 19.1 Å². The van der Waals surface area contributed by atoms with Gasteiger partial charge in [0.25, 0.3) is 0 Å². The standard InChI is InChI=1S/C12H12BrFN2S/c1-2-16-12(10-3-4-11(13)17-10)8-5-9(14)7-15-6-8/h3-7,12,16H,2H2,1H3. The molecule has 0 saturated heterocycles. The Balaban J connectivity index is 2.35. The second-order valence-electron chi connectivity index (χ2n) is 3.57. The summed E-state index contributed by atoms with van der Waals surface area (Å²) >= 11 is 5.08. The van der Waals surface area contributed by atoms with Crippen molar-refractivity contribution in [1.29, 1.82) is 0 Å². The molecular weight excluding hydrogens is 303 g/mol. The molecule has 2 nitrogen and oxygen atoms in total. The van der Waals surface area contributed by atoms with E-state index in [0.29, 0.717) is 0 Å². The zero-order chi connectivity index (χ0) is 12.3. The summed E-state index contributed by atoms with van der Waals surface area (Å²) in [6, 6.07) is 5.55. The van der Waals surface area contributed by atoms with Crippen molar-refractivity contribution in [3.8, 4) is 0 Å². The molecule has 1 N–H and O–H groups in total. The van der Waals surface area contributed by atoms with Gasteiger partial charge in [0.1, 0.15) is 5.82 Å². The van der Waals surface area contributed by atoms with Gasteiger partial charge in [-0.25, -0.2) is 4.39 Å². The number of nitrogens with zero attached hydrogens (tertiary/aromatic N) is 1. The minimum absolute atomic E-state index is 0.000463. The van der Waals surface area contributed by atoms with Crippen LogP contribution >= 0.6 is 27.3 Å². The number of halogens is 2. The third-order valence-corrected chi connectivity index (χ3v) is 4.03. The minimum atomic E-state index is -0.305. The smallest absolute Gasteiger partial charge is 0.141 e. The predicted molar refractivity (Wildman–Crippen MR) is 71.7 cm³/mol. The number of hydrogen-bond acceptors (Lipinski definition) is 3. The van der Waals surface area contributed by atoms with Gasteiger partial charge >= 0.3 is 0 Å². The molecule has 0 aliphatic heterocycles. The molecule has 90 valence electrons. The molecule has 1 atom stereocenters. The van der Waals surface area contributed by atoms with Gasteiger partial charge in [0.15, 0.2) is 0 Å². The topological polar surface area (TPSA) is 24.9 Å². The third kappa shape index (κ3) is 3.12. The molecule has 0 fully saturated rings. The highest BCUT2D eigenvalue weighted by molar-refractivity contribution is 9.11. The highest BCUT2D eigenvalue weighted by Crippen LogP contribution is 2.31. The molecule has 0 spiro atoms. The van der Waals surface area contributed by atoms with Gasteiger partial charge in [0.05, 0.1) is 16.0 Å². The summed E-state index contributed by atoms with van der Waals surface area (Å²) in [6.45, 7) is 2.85. The summed E-state index contributed by atoms with van der Waals surface area (Å²) in [5.74, 6) is -0.305. The summed E-state index contributed by atoms with van der Waals surface area (Å²) < 4.78 is 14.3. The molecule has 1 unspecified atom stereocenters. The van der Waals surface area contributed by atoms with Crippen molar-refractivity contribution in [2.45, 2.75) is 13.0 Å². The Morgan fingerprint density at radius 2 is 2.29 bits per heavy atom. The maximum absolute atomic E-state index is 13.2. The highest BCUT2D eigenvalue weighted by atomic mass is 79.9. The van der Waals surface area contributed by atoms with Gasteiger partial charge in [-0.05, 0) is 46.2 Å². The summed E-state index contributed by atoms with van der Waals surface area (Å²) in [6.07, 6.45) is 2.92. The van der Waals surface area contributed by atoms with Crippen molar-refractivity contribution >= 4 is 27.3 Å². The Morgan fingerprint density at radius 1 is 1.47 bits per heavy atom. The molecule has 0 aromatic carbocycles. The summed E-state index contributed by atoms with van der Waals surface area (Å²) in [7, 11) is 0. The molecule has 0 saturated carbocycles. The van der Waals surface area contributed by atoms with E-state index in [-0.39, 0.29) is 11.9 Å². The lowest BCUT2D eigenvalue weighted by Gasteiger charge is -2.16. The Bertz CT molecular complexity index is 501. The number of hydrogen-bond donors (Lipinski definition) is 1. The van der Waals surface area contributed by atoms with E-state index in [1.54, 1.807) is 17.5 Å². The quantitative estimate of drug-likeness (QED) is 0.929. The first-order valence-electron chi connectivity index (χ1n) is 5.29. The second-order valence-corrected chi connectivity index (χ2v) is 6.06. The normalized spacial score (nSPS) is 12.6. The highest BCUT2D eigenvalue weighted by Gasteiger charge is 2.15. The molecule has 0 radical (unpaired) electrons. The monoisotopic (exact) mass is 314 g/mol. The van der Waals surface area contributed by atoms with Gasteiger partial charge in [0.2, 0.25) is 0 Å². The molecule has 0 amide bonds. The van der Waals surface area contributed by atoms with E-state index in [4.69, 9.17) is 0 Å². The van der Waals surface area contributed by atoms with Gasteiger partial charge < -0.3 is 5.32 Å². The van der Waals surface area contributed by atoms with Crippen LogP contribution in [0.4, 0.5) is 4.39 Å². The van der Waals surface area contributed by atoms with Crippen LogP contribution in [0.5, 0.6) is 0 Å². The van der Waals surface area contributed by atoms with Crippen molar-refractivity contribution < 1.29 is 4.39 Å². The fourth-order valence-electron chi connectivity index (χ4n) is 1.66. The van der Waals surface area contributed by atoms with Crippen molar-refractivity contribution in [2.24, 2.45) is 0 Å². The van der Waals surface area contributed by atoms with Crippen LogP contribution in [0.2, 0.25) is 0 Å². The lowest BCUT2D eigenvalue weighted by molar-refractivity contribution is 0.599. The minimum Gasteiger partial charge on any atom is -0.306 e. The Labute approximate surface area is 112 Å². The first-order chi connectivity index (χ1) is 8.20. The molecule has 0 aliphatic carbocycles. The zero-order valence-corrected chi connectivity index (χ0v) is 11.7. The van der Waals surface area contributed by atoms with E-state index in [1.165, 1.54) is 12.3 Å². The molecule has 2 heterocycles. The van der Waals surface area contributed by atoms with E-state index >= 15 is 0 Å². The Kier molecular flexibility index (Phi) is 4.25. The molecule has 2 aromatic heterocycles. The van der Waals surface area contributed by atoms with Gasteiger partial charge in [-0.15, -0.1) is 11.3 Å². The van der Waals surface area contributed by atoms with E-state index in [0.717, 1.165) is 20.8 Å². The van der Waals surface area contributed by atoms with Crippen LogP contribution in [-0.4, -0.2) is 11.5 Å².